The van der Waals surface area contributed by atoms with E-state index in [9.17, 15) is 9.59 Å². The van der Waals surface area contributed by atoms with Crippen LogP contribution in [0.1, 0.15) is 10.4 Å². The lowest BCUT2D eigenvalue weighted by atomic mass is 10.1. The Bertz CT molecular complexity index is 1560. The van der Waals surface area contributed by atoms with E-state index in [0.29, 0.717) is 32.7 Å². The highest BCUT2D eigenvalue weighted by molar-refractivity contribution is 7.71. The molecule has 0 aliphatic rings. The van der Waals surface area contributed by atoms with E-state index in [4.69, 9.17) is 12.2 Å². The van der Waals surface area contributed by atoms with Gasteiger partial charge in [0.05, 0.1) is 27.6 Å². The molecule has 2 heterocycles. The second-order valence-electron chi connectivity index (χ2n) is 7.16. The smallest absolute Gasteiger partial charge is 0.261 e. The first-order valence-corrected chi connectivity index (χ1v) is 10.0. The van der Waals surface area contributed by atoms with Crippen molar-refractivity contribution in [3.8, 4) is 11.4 Å². The topological polar surface area (TPSA) is 95.6 Å². The molecular weight excluding hydrogens is 410 g/mol. The van der Waals surface area contributed by atoms with Crippen LogP contribution in [0.15, 0.2) is 71.5 Å². The van der Waals surface area contributed by atoms with Gasteiger partial charge in [0.2, 0.25) is 0 Å². The summed E-state index contributed by atoms with van der Waals surface area (Å²) in [5, 5.41) is 3.42. The molecule has 0 saturated carbocycles. The van der Waals surface area contributed by atoms with Gasteiger partial charge in [0, 0.05) is 18.2 Å². The van der Waals surface area contributed by atoms with Crippen molar-refractivity contribution >= 4 is 45.7 Å². The van der Waals surface area contributed by atoms with Crippen molar-refractivity contribution < 1.29 is 4.79 Å². The monoisotopic (exact) mass is 427 g/mol. The molecule has 0 aliphatic heterocycles. The molecule has 0 atom stereocenters. The van der Waals surface area contributed by atoms with Crippen molar-refractivity contribution in [2.45, 2.75) is 0 Å². The minimum atomic E-state index is -0.301. The normalized spacial score (nSPS) is 11.1. The van der Waals surface area contributed by atoms with E-state index in [-0.39, 0.29) is 11.5 Å². The number of amides is 1. The maximum absolute atomic E-state index is 13.0. The number of hydrogen-bond acceptors (Lipinski definition) is 4. The van der Waals surface area contributed by atoms with Gasteiger partial charge in [-0.1, -0.05) is 24.3 Å². The third-order valence-electron chi connectivity index (χ3n) is 5.18. The summed E-state index contributed by atoms with van der Waals surface area (Å²) in [6.07, 6.45) is 0. The van der Waals surface area contributed by atoms with Crippen LogP contribution in [-0.2, 0) is 7.05 Å². The van der Waals surface area contributed by atoms with Crippen molar-refractivity contribution in [2.24, 2.45) is 7.05 Å². The highest BCUT2D eigenvalue weighted by atomic mass is 32.1. The van der Waals surface area contributed by atoms with E-state index < -0.39 is 0 Å². The lowest BCUT2D eigenvalue weighted by molar-refractivity contribution is 0.102. The number of benzene rings is 3. The fourth-order valence-electron chi connectivity index (χ4n) is 3.52. The van der Waals surface area contributed by atoms with E-state index in [2.05, 4.69) is 20.3 Å². The van der Waals surface area contributed by atoms with Crippen LogP contribution in [0, 0.1) is 4.77 Å². The maximum Gasteiger partial charge on any atom is 0.261 e. The average Bonchev–Trinajstić information content (AvgIpc) is 3.21. The predicted octanol–water partition coefficient (Wildman–Crippen LogP) is 4.39. The van der Waals surface area contributed by atoms with Crippen molar-refractivity contribution in [1.82, 2.24) is 19.5 Å². The molecule has 0 aliphatic carbocycles. The highest BCUT2D eigenvalue weighted by Gasteiger charge is 2.14. The number of aromatic amines is 2. The lowest BCUT2D eigenvalue weighted by Crippen LogP contribution is -2.19. The Kier molecular flexibility index (Phi) is 4.48. The number of imidazole rings is 1. The highest BCUT2D eigenvalue weighted by Crippen LogP contribution is 2.28. The molecule has 5 rings (SSSR count). The van der Waals surface area contributed by atoms with Crippen molar-refractivity contribution in [3.63, 3.8) is 0 Å². The van der Waals surface area contributed by atoms with Gasteiger partial charge < -0.3 is 15.3 Å². The van der Waals surface area contributed by atoms with Gasteiger partial charge in [-0.3, -0.25) is 14.2 Å². The molecule has 3 aromatic carbocycles. The molecule has 0 unspecified atom stereocenters. The summed E-state index contributed by atoms with van der Waals surface area (Å²) in [5.41, 5.74) is 3.90. The molecule has 1 amide bonds. The van der Waals surface area contributed by atoms with Gasteiger partial charge in [-0.15, -0.1) is 0 Å². The number of hydrogen-bond donors (Lipinski definition) is 3. The number of nitrogens with one attached hydrogen (secondary N) is 3. The molecule has 0 bridgehead atoms. The van der Waals surface area contributed by atoms with Crippen LogP contribution in [0.2, 0.25) is 0 Å². The lowest BCUT2D eigenvalue weighted by Gasteiger charge is -2.10. The van der Waals surface area contributed by atoms with Crippen molar-refractivity contribution in [3.05, 3.63) is 87.4 Å². The summed E-state index contributed by atoms with van der Waals surface area (Å²) >= 11 is 5.18. The number of H-pyrrole nitrogens is 2. The molecule has 8 heteroatoms. The molecule has 31 heavy (non-hydrogen) atoms. The Balaban J connectivity index is 1.52. The third-order valence-corrected chi connectivity index (χ3v) is 5.56. The number of rotatable bonds is 3. The number of aromatic nitrogens is 4. The average molecular weight is 427 g/mol. The van der Waals surface area contributed by atoms with Crippen LogP contribution in [-0.4, -0.2) is 25.4 Å². The molecule has 2 aromatic heterocycles. The first kappa shape index (κ1) is 19.0. The molecule has 0 spiro atoms. The second-order valence-corrected chi connectivity index (χ2v) is 7.54. The van der Waals surface area contributed by atoms with Crippen LogP contribution in [0.4, 0.5) is 5.69 Å². The summed E-state index contributed by atoms with van der Waals surface area (Å²) < 4.78 is 1.66. The number of carbonyl (C=O) groups is 1. The minimum Gasteiger partial charge on any atom is -0.338 e. The third kappa shape index (κ3) is 3.32. The van der Waals surface area contributed by atoms with E-state index in [1.807, 2.05) is 48.5 Å². The van der Waals surface area contributed by atoms with Gasteiger partial charge >= 0.3 is 0 Å². The zero-order chi connectivity index (χ0) is 21.5. The van der Waals surface area contributed by atoms with Gasteiger partial charge in [-0.05, 0) is 54.7 Å². The molecule has 3 N–H and O–H groups in total. The van der Waals surface area contributed by atoms with Gasteiger partial charge in [0.15, 0.2) is 4.77 Å². The molecule has 7 nitrogen and oxygen atoms in total. The molecule has 0 fully saturated rings. The standard InChI is InChI=1S/C23H17N5O2S/c1-28-22(30)15-11-10-13(12-19(15)27-23(28)31)21(29)26-16-7-3-2-6-14(16)20-24-17-8-4-5-9-18(17)25-20/h2-12H,1H3,(H,24,25)(H,26,29)(H,27,31). The minimum absolute atomic E-state index is 0.207. The Labute approximate surface area is 181 Å². The summed E-state index contributed by atoms with van der Waals surface area (Å²) in [6.45, 7) is 0. The zero-order valence-electron chi connectivity index (χ0n) is 16.5. The quantitative estimate of drug-likeness (QED) is 0.372. The van der Waals surface area contributed by atoms with Crippen molar-refractivity contribution in [1.29, 1.82) is 0 Å². The zero-order valence-corrected chi connectivity index (χ0v) is 17.3. The fourth-order valence-corrected chi connectivity index (χ4v) is 3.71. The number of fused-ring (bicyclic) bond motifs is 2. The second kappa shape index (κ2) is 7.33. The number of para-hydroxylation sites is 3. The summed E-state index contributed by atoms with van der Waals surface area (Å²) in [4.78, 5) is 36.3. The number of anilines is 1. The SMILES string of the molecule is Cn1c(=S)[nH]c2cc(C(=O)Nc3ccccc3-c3nc4ccccc4[nH]3)ccc2c1=O. The van der Waals surface area contributed by atoms with E-state index in [1.165, 1.54) is 4.57 Å². The maximum atomic E-state index is 13.0. The van der Waals surface area contributed by atoms with E-state index in [0.717, 1.165) is 16.6 Å². The number of carbonyl (C=O) groups excluding carboxylic acids is 1. The van der Waals surface area contributed by atoms with Gasteiger partial charge in [-0.2, -0.15) is 0 Å². The van der Waals surface area contributed by atoms with Crippen molar-refractivity contribution in [2.75, 3.05) is 5.32 Å². The summed E-state index contributed by atoms with van der Waals surface area (Å²) in [7, 11) is 1.61. The van der Waals surface area contributed by atoms with E-state index in [1.54, 1.807) is 25.2 Å². The van der Waals surface area contributed by atoms with Crippen LogP contribution < -0.4 is 10.9 Å². The molecule has 152 valence electrons. The van der Waals surface area contributed by atoms with Gasteiger partial charge in [-0.25, -0.2) is 4.98 Å². The van der Waals surface area contributed by atoms with Crippen LogP contribution in [0.5, 0.6) is 0 Å². The Morgan fingerprint density at radius 3 is 2.61 bits per heavy atom. The Morgan fingerprint density at radius 2 is 1.77 bits per heavy atom. The molecule has 0 saturated heterocycles. The van der Waals surface area contributed by atoms with Crippen LogP contribution >= 0.6 is 12.2 Å². The Morgan fingerprint density at radius 1 is 1.00 bits per heavy atom. The number of nitrogens with zero attached hydrogens (tertiary/aromatic N) is 2. The predicted molar refractivity (Wildman–Crippen MR) is 124 cm³/mol. The molecular formula is C23H17N5O2S. The largest absolute Gasteiger partial charge is 0.338 e. The molecule has 0 radical (unpaired) electrons. The fraction of sp³-hybridized carbons (Fsp3) is 0.0435. The summed E-state index contributed by atoms with van der Waals surface area (Å²) in [5.74, 6) is 0.369. The molecule has 5 aromatic rings. The first-order valence-electron chi connectivity index (χ1n) is 9.60. The van der Waals surface area contributed by atoms with Gasteiger partial charge in [0.25, 0.3) is 11.5 Å². The van der Waals surface area contributed by atoms with Crippen LogP contribution in [0.3, 0.4) is 0 Å². The Hall–Kier alpha value is -4.04. The van der Waals surface area contributed by atoms with Gasteiger partial charge in [0.1, 0.15) is 5.82 Å². The summed E-state index contributed by atoms with van der Waals surface area (Å²) in [6, 6.07) is 20.1. The van der Waals surface area contributed by atoms with E-state index >= 15 is 0 Å². The first-order chi connectivity index (χ1) is 15.0. The van der Waals surface area contributed by atoms with Crippen LogP contribution in [0.25, 0.3) is 33.3 Å².